The lowest BCUT2D eigenvalue weighted by molar-refractivity contribution is 0.670. The second-order valence-electron chi connectivity index (χ2n) is 5.60. The van der Waals surface area contributed by atoms with Gasteiger partial charge in [-0.05, 0) is 42.3 Å². The Morgan fingerprint density at radius 2 is 2.05 bits per heavy atom. The van der Waals surface area contributed by atoms with Crippen LogP contribution in [-0.2, 0) is 5.75 Å². The first-order valence-electron chi connectivity index (χ1n) is 7.49. The highest BCUT2D eigenvalue weighted by Crippen LogP contribution is 2.42. The van der Waals surface area contributed by atoms with Crippen molar-refractivity contribution in [1.29, 1.82) is 0 Å². The van der Waals surface area contributed by atoms with Crippen LogP contribution in [0.15, 0.2) is 46.9 Å². The molecule has 1 aromatic carbocycles. The molecule has 1 saturated carbocycles. The molecule has 2 aromatic heterocycles. The molecular formula is C17H17N3S2. The molecule has 0 amide bonds. The Hall–Kier alpha value is -1.59. The fourth-order valence-corrected chi connectivity index (χ4v) is 4.31. The van der Waals surface area contributed by atoms with E-state index in [0.717, 1.165) is 16.7 Å². The van der Waals surface area contributed by atoms with E-state index < -0.39 is 0 Å². The molecule has 1 fully saturated rings. The van der Waals surface area contributed by atoms with E-state index >= 15 is 0 Å². The first-order valence-corrected chi connectivity index (χ1v) is 9.35. The molecule has 5 heteroatoms. The smallest absolute Gasteiger partial charge is 0.192 e. The summed E-state index contributed by atoms with van der Waals surface area (Å²) in [4.78, 5) is 1.21. The van der Waals surface area contributed by atoms with Gasteiger partial charge in [0.15, 0.2) is 11.0 Å². The number of hydrogen-bond donors (Lipinski definition) is 0. The van der Waals surface area contributed by atoms with Crippen molar-refractivity contribution >= 4 is 23.1 Å². The van der Waals surface area contributed by atoms with Crippen LogP contribution in [0.25, 0.3) is 10.7 Å². The molecule has 2 heterocycles. The van der Waals surface area contributed by atoms with Gasteiger partial charge in [-0.25, -0.2) is 0 Å². The summed E-state index contributed by atoms with van der Waals surface area (Å²) < 4.78 is 2.34. The van der Waals surface area contributed by atoms with Gasteiger partial charge < -0.3 is 0 Å². The van der Waals surface area contributed by atoms with E-state index in [-0.39, 0.29) is 0 Å². The van der Waals surface area contributed by atoms with Crippen molar-refractivity contribution in [3.8, 4) is 10.7 Å². The molecule has 0 saturated heterocycles. The maximum Gasteiger partial charge on any atom is 0.192 e. The molecule has 1 aliphatic carbocycles. The average molecular weight is 327 g/mol. The van der Waals surface area contributed by atoms with Crippen molar-refractivity contribution < 1.29 is 0 Å². The number of hydrogen-bond acceptors (Lipinski definition) is 4. The van der Waals surface area contributed by atoms with Crippen LogP contribution in [0, 0.1) is 6.92 Å². The minimum absolute atomic E-state index is 0.589. The van der Waals surface area contributed by atoms with Crippen LogP contribution in [0.4, 0.5) is 0 Å². The molecule has 0 N–H and O–H groups in total. The second kappa shape index (κ2) is 5.89. The third kappa shape index (κ3) is 2.71. The quantitative estimate of drug-likeness (QED) is 0.622. The van der Waals surface area contributed by atoms with Crippen molar-refractivity contribution in [2.75, 3.05) is 0 Å². The predicted molar refractivity (Wildman–Crippen MR) is 92.3 cm³/mol. The van der Waals surface area contributed by atoms with Gasteiger partial charge in [0.05, 0.1) is 4.88 Å². The summed E-state index contributed by atoms with van der Waals surface area (Å²) >= 11 is 3.53. The molecule has 0 aliphatic heterocycles. The van der Waals surface area contributed by atoms with Crippen LogP contribution in [0.1, 0.15) is 30.0 Å². The van der Waals surface area contributed by atoms with E-state index in [0.29, 0.717) is 6.04 Å². The topological polar surface area (TPSA) is 30.7 Å². The van der Waals surface area contributed by atoms with Gasteiger partial charge in [-0.3, -0.25) is 4.57 Å². The highest BCUT2D eigenvalue weighted by atomic mass is 32.2. The Bertz CT molecular complexity index is 773. The van der Waals surface area contributed by atoms with Crippen molar-refractivity contribution in [2.45, 2.75) is 36.7 Å². The SMILES string of the molecule is Cc1ccccc1CSc1nnc(-c2cccs2)n1C1CC1. The summed E-state index contributed by atoms with van der Waals surface area (Å²) in [7, 11) is 0. The molecule has 112 valence electrons. The number of benzene rings is 1. The molecule has 0 atom stereocenters. The highest BCUT2D eigenvalue weighted by molar-refractivity contribution is 7.98. The largest absolute Gasteiger partial charge is 0.298 e. The highest BCUT2D eigenvalue weighted by Gasteiger charge is 2.30. The van der Waals surface area contributed by atoms with Gasteiger partial charge in [-0.1, -0.05) is 42.1 Å². The number of thiophene rings is 1. The lowest BCUT2D eigenvalue weighted by Gasteiger charge is -2.08. The number of aryl methyl sites for hydroxylation is 1. The molecule has 0 spiro atoms. The average Bonchev–Trinajstić information content (AvgIpc) is 3.06. The molecular weight excluding hydrogens is 310 g/mol. The maximum atomic E-state index is 4.46. The second-order valence-corrected chi connectivity index (χ2v) is 7.49. The summed E-state index contributed by atoms with van der Waals surface area (Å²) in [5, 5.41) is 12.1. The molecule has 4 rings (SSSR count). The Balaban J connectivity index is 1.61. The van der Waals surface area contributed by atoms with E-state index in [2.05, 4.69) is 63.5 Å². The van der Waals surface area contributed by atoms with Crippen LogP contribution in [0.5, 0.6) is 0 Å². The zero-order valence-corrected chi connectivity index (χ0v) is 14.0. The fraction of sp³-hybridized carbons (Fsp3) is 0.294. The van der Waals surface area contributed by atoms with Gasteiger partial charge >= 0.3 is 0 Å². The summed E-state index contributed by atoms with van der Waals surface area (Å²) in [6.45, 7) is 2.17. The van der Waals surface area contributed by atoms with Gasteiger partial charge in [-0.2, -0.15) is 0 Å². The van der Waals surface area contributed by atoms with Gasteiger partial charge in [0.1, 0.15) is 0 Å². The van der Waals surface area contributed by atoms with Crippen LogP contribution in [0.3, 0.4) is 0 Å². The first-order chi connectivity index (χ1) is 10.8. The number of thioether (sulfide) groups is 1. The molecule has 22 heavy (non-hydrogen) atoms. The van der Waals surface area contributed by atoms with E-state index in [4.69, 9.17) is 0 Å². The maximum absolute atomic E-state index is 4.46. The molecule has 0 radical (unpaired) electrons. The fourth-order valence-electron chi connectivity index (χ4n) is 2.53. The summed E-state index contributed by atoms with van der Waals surface area (Å²) in [5.74, 6) is 1.98. The molecule has 3 aromatic rings. The van der Waals surface area contributed by atoms with Gasteiger partial charge in [0.25, 0.3) is 0 Å². The van der Waals surface area contributed by atoms with Crippen molar-refractivity contribution in [2.24, 2.45) is 0 Å². The van der Waals surface area contributed by atoms with Gasteiger partial charge in [0, 0.05) is 11.8 Å². The third-order valence-corrected chi connectivity index (χ3v) is 5.79. The third-order valence-electron chi connectivity index (χ3n) is 3.94. The number of nitrogens with zero attached hydrogens (tertiary/aromatic N) is 3. The lowest BCUT2D eigenvalue weighted by atomic mass is 10.1. The summed E-state index contributed by atoms with van der Waals surface area (Å²) in [5.41, 5.74) is 2.71. The zero-order valence-electron chi connectivity index (χ0n) is 12.4. The molecule has 0 unspecified atom stereocenters. The zero-order chi connectivity index (χ0) is 14.9. The first kappa shape index (κ1) is 14.0. The Labute approximate surface area is 138 Å². The van der Waals surface area contributed by atoms with Crippen LogP contribution in [-0.4, -0.2) is 14.8 Å². The molecule has 1 aliphatic rings. The normalized spacial score (nSPS) is 14.4. The molecule has 3 nitrogen and oxygen atoms in total. The van der Waals surface area contributed by atoms with Crippen LogP contribution >= 0.6 is 23.1 Å². The monoisotopic (exact) mass is 327 g/mol. The van der Waals surface area contributed by atoms with Crippen LogP contribution < -0.4 is 0 Å². The van der Waals surface area contributed by atoms with Crippen LogP contribution in [0.2, 0.25) is 0 Å². The van der Waals surface area contributed by atoms with Crippen molar-refractivity contribution in [1.82, 2.24) is 14.8 Å². The minimum Gasteiger partial charge on any atom is -0.298 e. The van der Waals surface area contributed by atoms with E-state index in [9.17, 15) is 0 Å². The van der Waals surface area contributed by atoms with E-state index in [1.807, 2.05) is 0 Å². The standard InChI is InChI=1S/C17H17N3S2/c1-12-5-2-3-6-13(12)11-22-17-19-18-16(15-7-4-10-21-15)20(17)14-8-9-14/h2-7,10,14H,8-9,11H2,1H3. The minimum atomic E-state index is 0.589. The van der Waals surface area contributed by atoms with Crippen molar-refractivity contribution in [3.05, 3.63) is 52.9 Å². The Morgan fingerprint density at radius 1 is 1.18 bits per heavy atom. The Kier molecular flexibility index (Phi) is 3.76. The number of rotatable bonds is 5. The lowest BCUT2D eigenvalue weighted by Crippen LogP contribution is -1.99. The van der Waals surface area contributed by atoms with E-state index in [1.165, 1.54) is 28.8 Å². The van der Waals surface area contributed by atoms with Gasteiger partial charge in [-0.15, -0.1) is 21.5 Å². The molecule has 0 bridgehead atoms. The predicted octanol–water partition coefficient (Wildman–Crippen LogP) is 4.94. The van der Waals surface area contributed by atoms with Gasteiger partial charge in [0.2, 0.25) is 0 Å². The summed E-state index contributed by atoms with van der Waals surface area (Å²) in [6, 6.07) is 13.3. The van der Waals surface area contributed by atoms with Crippen molar-refractivity contribution in [3.63, 3.8) is 0 Å². The number of aromatic nitrogens is 3. The Morgan fingerprint density at radius 3 is 2.77 bits per heavy atom. The van der Waals surface area contributed by atoms with E-state index in [1.54, 1.807) is 23.1 Å². The summed E-state index contributed by atoms with van der Waals surface area (Å²) in [6.07, 6.45) is 2.49.